The Labute approximate surface area is 61.5 Å². The van der Waals surface area contributed by atoms with Crippen LogP contribution in [0.15, 0.2) is 10.2 Å². The Hall–Kier alpha value is -0.820. The van der Waals surface area contributed by atoms with E-state index in [1.165, 1.54) is 0 Å². The van der Waals surface area contributed by atoms with Gasteiger partial charge in [0.2, 0.25) is 6.41 Å². The molecule has 0 aromatic carbocycles. The number of nitrogens with zero attached hydrogens (tertiary/aromatic N) is 1. The maximum atomic E-state index is 9.76. The van der Waals surface area contributed by atoms with Crippen LogP contribution in [0.5, 0.6) is 0 Å². The SMILES string of the molecule is C/C(NC=O)=C(\Br)C#N. The van der Waals surface area contributed by atoms with E-state index >= 15 is 0 Å². The third-order valence-corrected chi connectivity index (χ3v) is 1.47. The van der Waals surface area contributed by atoms with Gasteiger partial charge in [0.15, 0.2) is 0 Å². The summed E-state index contributed by atoms with van der Waals surface area (Å²) in [6, 6.07) is 1.82. The Morgan fingerprint density at radius 1 is 1.89 bits per heavy atom. The summed E-state index contributed by atoms with van der Waals surface area (Å²) in [5.74, 6) is 0. The number of halogens is 1. The van der Waals surface area contributed by atoms with E-state index in [9.17, 15) is 4.79 Å². The number of nitriles is 1. The average Bonchev–Trinajstić information content (AvgIpc) is 1.87. The van der Waals surface area contributed by atoms with E-state index < -0.39 is 0 Å². The van der Waals surface area contributed by atoms with Gasteiger partial charge in [0.05, 0.1) is 0 Å². The standard InChI is InChI=1S/C5H5BrN2O/c1-4(8-3-9)5(6)2-7/h3H,1H3,(H,8,9)/b5-4+. The van der Waals surface area contributed by atoms with Crippen LogP contribution in [0.4, 0.5) is 0 Å². The predicted octanol–water partition coefficient (Wildman–Crippen LogP) is 0.882. The van der Waals surface area contributed by atoms with E-state index in [1.807, 2.05) is 6.07 Å². The van der Waals surface area contributed by atoms with Gasteiger partial charge in [0.1, 0.15) is 10.6 Å². The fourth-order valence-electron chi connectivity index (χ4n) is 0.236. The van der Waals surface area contributed by atoms with Gasteiger partial charge in [-0.15, -0.1) is 0 Å². The Kier molecular flexibility index (Phi) is 3.72. The highest BCUT2D eigenvalue weighted by Gasteiger charge is 1.92. The first kappa shape index (κ1) is 8.18. The van der Waals surface area contributed by atoms with Gasteiger partial charge in [-0.25, -0.2) is 0 Å². The lowest BCUT2D eigenvalue weighted by Gasteiger charge is -1.93. The molecule has 1 N–H and O–H groups in total. The highest BCUT2D eigenvalue weighted by molar-refractivity contribution is 9.12. The Morgan fingerprint density at radius 2 is 2.44 bits per heavy atom. The molecule has 0 rings (SSSR count). The second-order valence-electron chi connectivity index (χ2n) is 1.31. The molecule has 0 aliphatic carbocycles. The number of nitrogens with one attached hydrogen (secondary N) is 1. The summed E-state index contributed by atoms with van der Waals surface area (Å²) in [4.78, 5) is 9.76. The average molecular weight is 189 g/mol. The maximum absolute atomic E-state index is 9.76. The molecule has 0 aromatic heterocycles. The number of rotatable bonds is 2. The van der Waals surface area contributed by atoms with Crippen molar-refractivity contribution in [3.63, 3.8) is 0 Å². The largest absolute Gasteiger partial charge is 0.331 e. The molecule has 0 fully saturated rings. The van der Waals surface area contributed by atoms with Crippen molar-refractivity contribution < 1.29 is 4.79 Å². The Bertz CT molecular complexity index is 180. The van der Waals surface area contributed by atoms with Crippen LogP contribution >= 0.6 is 15.9 Å². The lowest BCUT2D eigenvalue weighted by atomic mass is 10.4. The lowest BCUT2D eigenvalue weighted by Crippen LogP contribution is -2.07. The molecular weight excluding hydrogens is 184 g/mol. The summed E-state index contributed by atoms with van der Waals surface area (Å²) in [6.45, 7) is 1.63. The highest BCUT2D eigenvalue weighted by Crippen LogP contribution is 2.05. The predicted molar refractivity (Wildman–Crippen MR) is 36.4 cm³/mol. The number of allylic oxidation sites excluding steroid dienone is 2. The summed E-state index contributed by atoms with van der Waals surface area (Å²) in [7, 11) is 0. The van der Waals surface area contributed by atoms with Crippen LogP contribution in [-0.2, 0) is 4.79 Å². The second-order valence-corrected chi connectivity index (χ2v) is 2.11. The summed E-state index contributed by atoms with van der Waals surface area (Å²) in [5, 5.41) is 10.5. The Balaban J connectivity index is 4.14. The molecule has 0 radical (unpaired) electrons. The summed E-state index contributed by atoms with van der Waals surface area (Å²) < 4.78 is 0.342. The maximum Gasteiger partial charge on any atom is 0.211 e. The summed E-state index contributed by atoms with van der Waals surface area (Å²) >= 11 is 2.94. The molecule has 48 valence electrons. The fraction of sp³-hybridized carbons (Fsp3) is 0.200. The van der Waals surface area contributed by atoms with Crippen molar-refractivity contribution in [3.8, 4) is 6.07 Å². The number of carbonyl (C=O) groups is 1. The van der Waals surface area contributed by atoms with Gasteiger partial charge in [-0.1, -0.05) is 0 Å². The molecule has 0 heterocycles. The zero-order valence-corrected chi connectivity index (χ0v) is 6.40. The van der Waals surface area contributed by atoms with E-state index in [4.69, 9.17) is 5.26 Å². The van der Waals surface area contributed by atoms with Gasteiger partial charge in [0, 0.05) is 5.70 Å². The molecule has 0 spiro atoms. The monoisotopic (exact) mass is 188 g/mol. The molecule has 0 bridgehead atoms. The van der Waals surface area contributed by atoms with Crippen molar-refractivity contribution in [1.29, 1.82) is 5.26 Å². The van der Waals surface area contributed by atoms with E-state index in [-0.39, 0.29) is 0 Å². The minimum absolute atomic E-state index is 0.342. The molecule has 0 unspecified atom stereocenters. The van der Waals surface area contributed by atoms with Crippen LogP contribution in [0, 0.1) is 11.3 Å². The van der Waals surface area contributed by atoms with E-state index in [1.54, 1.807) is 6.92 Å². The van der Waals surface area contributed by atoms with E-state index in [0.717, 1.165) is 0 Å². The quantitative estimate of drug-likeness (QED) is 0.517. The molecule has 0 saturated carbocycles. The number of hydrogen-bond donors (Lipinski definition) is 1. The minimum atomic E-state index is 0.342. The molecule has 1 amide bonds. The molecule has 0 aromatic rings. The minimum Gasteiger partial charge on any atom is -0.331 e. The van der Waals surface area contributed by atoms with Crippen molar-refractivity contribution in [2.45, 2.75) is 6.92 Å². The smallest absolute Gasteiger partial charge is 0.211 e. The third kappa shape index (κ3) is 2.88. The first-order valence-corrected chi connectivity index (χ1v) is 2.98. The first-order valence-electron chi connectivity index (χ1n) is 2.19. The van der Waals surface area contributed by atoms with Gasteiger partial charge < -0.3 is 5.32 Å². The zero-order chi connectivity index (χ0) is 7.28. The number of carbonyl (C=O) groups excluding carboxylic acids is 1. The third-order valence-electron chi connectivity index (χ3n) is 0.703. The van der Waals surface area contributed by atoms with Gasteiger partial charge in [0.25, 0.3) is 0 Å². The van der Waals surface area contributed by atoms with Gasteiger partial charge in [-0.2, -0.15) is 5.26 Å². The van der Waals surface area contributed by atoms with Crippen LogP contribution in [0.3, 0.4) is 0 Å². The van der Waals surface area contributed by atoms with Crippen LogP contribution in [-0.4, -0.2) is 6.41 Å². The van der Waals surface area contributed by atoms with Gasteiger partial charge in [-0.05, 0) is 22.9 Å². The molecule has 0 atom stereocenters. The van der Waals surface area contributed by atoms with Crippen molar-refractivity contribution in [3.05, 3.63) is 10.2 Å². The molecule has 4 heteroatoms. The van der Waals surface area contributed by atoms with Crippen LogP contribution in [0.25, 0.3) is 0 Å². The zero-order valence-electron chi connectivity index (χ0n) is 4.81. The Morgan fingerprint density at radius 3 is 2.78 bits per heavy atom. The van der Waals surface area contributed by atoms with Crippen molar-refractivity contribution in [2.24, 2.45) is 0 Å². The molecule has 0 saturated heterocycles. The fourth-order valence-corrected chi connectivity index (χ4v) is 0.350. The normalized spacial score (nSPS) is 11.2. The van der Waals surface area contributed by atoms with Crippen molar-refractivity contribution in [2.75, 3.05) is 0 Å². The second kappa shape index (κ2) is 4.10. The van der Waals surface area contributed by atoms with E-state index in [0.29, 0.717) is 16.6 Å². The highest BCUT2D eigenvalue weighted by atomic mass is 79.9. The van der Waals surface area contributed by atoms with Gasteiger partial charge >= 0.3 is 0 Å². The molecule has 0 aliphatic rings. The van der Waals surface area contributed by atoms with Crippen LogP contribution < -0.4 is 5.32 Å². The molecule has 0 aliphatic heterocycles. The topological polar surface area (TPSA) is 52.9 Å². The first-order chi connectivity index (χ1) is 4.22. The van der Waals surface area contributed by atoms with E-state index in [2.05, 4.69) is 21.2 Å². The van der Waals surface area contributed by atoms with Gasteiger partial charge in [-0.3, -0.25) is 4.79 Å². The van der Waals surface area contributed by atoms with Crippen molar-refractivity contribution >= 4 is 22.3 Å². The lowest BCUT2D eigenvalue weighted by molar-refractivity contribution is -0.108. The molecule has 3 nitrogen and oxygen atoms in total. The van der Waals surface area contributed by atoms with Crippen LogP contribution in [0.1, 0.15) is 6.92 Å². The summed E-state index contributed by atoms with van der Waals surface area (Å²) in [6.07, 6.45) is 0.522. The summed E-state index contributed by atoms with van der Waals surface area (Å²) in [5.41, 5.74) is 0.521. The molecule has 9 heavy (non-hydrogen) atoms. The van der Waals surface area contributed by atoms with Crippen molar-refractivity contribution in [1.82, 2.24) is 5.32 Å². The molecular formula is C5H5BrN2O. The van der Waals surface area contributed by atoms with Crippen LogP contribution in [0.2, 0.25) is 0 Å². The number of amides is 1. The number of hydrogen-bond acceptors (Lipinski definition) is 2.